The summed E-state index contributed by atoms with van der Waals surface area (Å²) in [5.74, 6) is -2.92. The number of halogens is 1. The Hall–Kier alpha value is -3.31. The number of anilines is 1. The summed E-state index contributed by atoms with van der Waals surface area (Å²) in [5, 5.41) is 5.36. The quantitative estimate of drug-likeness (QED) is 0.607. The molecule has 2 aliphatic rings. The summed E-state index contributed by atoms with van der Waals surface area (Å²) >= 11 is 0. The van der Waals surface area contributed by atoms with Crippen LogP contribution in [0.25, 0.3) is 0 Å². The fourth-order valence-electron chi connectivity index (χ4n) is 3.89. The molecule has 11 heteroatoms. The maximum absolute atomic E-state index is 16.0. The van der Waals surface area contributed by atoms with Crippen molar-refractivity contribution in [3.05, 3.63) is 71.4 Å². The number of aryl methyl sites for hydroxylation is 1. The normalized spacial score (nSPS) is 16.0. The number of hydrogen-bond acceptors (Lipinski definition) is 7. The summed E-state index contributed by atoms with van der Waals surface area (Å²) in [6.07, 6.45) is 3.67. The Bertz CT molecular complexity index is 1180. The fourth-order valence-corrected chi connectivity index (χ4v) is 4.60. The zero-order chi connectivity index (χ0) is 23.6. The molecule has 0 bridgehead atoms. The first-order chi connectivity index (χ1) is 15.7. The fraction of sp³-hybridized carbons (Fsp3) is 0.318. The van der Waals surface area contributed by atoms with Crippen molar-refractivity contribution in [2.45, 2.75) is 31.7 Å². The van der Waals surface area contributed by atoms with E-state index in [9.17, 15) is 13.2 Å². The minimum absolute atomic E-state index is 0.0316. The van der Waals surface area contributed by atoms with E-state index in [-0.39, 0.29) is 24.3 Å². The summed E-state index contributed by atoms with van der Waals surface area (Å²) in [5.41, 5.74) is 1.14. The number of fused-ring (bicyclic) bond motifs is 1. The number of benzene rings is 2. The second-order valence-corrected chi connectivity index (χ2v) is 9.14. The van der Waals surface area contributed by atoms with E-state index < -0.39 is 40.0 Å². The molecule has 0 aromatic heterocycles. The summed E-state index contributed by atoms with van der Waals surface area (Å²) in [4.78, 5) is 11.9. The van der Waals surface area contributed by atoms with Crippen LogP contribution in [0.1, 0.15) is 23.1 Å². The van der Waals surface area contributed by atoms with Gasteiger partial charge in [0, 0.05) is 12.0 Å². The first-order valence-electron chi connectivity index (χ1n) is 10.1. The highest BCUT2D eigenvalue weighted by atomic mass is 32.2. The smallest absolute Gasteiger partial charge is 0.326 e. The van der Waals surface area contributed by atoms with E-state index in [1.54, 1.807) is 6.07 Å². The third-order valence-corrected chi connectivity index (χ3v) is 6.46. The van der Waals surface area contributed by atoms with Crippen molar-refractivity contribution in [1.82, 2.24) is 0 Å². The second kappa shape index (κ2) is 8.91. The molecule has 176 valence electrons. The van der Waals surface area contributed by atoms with Crippen LogP contribution < -0.4 is 14.2 Å². The van der Waals surface area contributed by atoms with Gasteiger partial charge >= 0.3 is 5.97 Å². The zero-order valence-corrected chi connectivity index (χ0v) is 18.6. The average molecular weight is 478 g/mol. The van der Waals surface area contributed by atoms with Gasteiger partial charge in [-0.05, 0) is 23.6 Å². The lowest BCUT2D eigenvalue weighted by atomic mass is 9.86. The Morgan fingerprint density at radius 1 is 1.24 bits per heavy atom. The molecule has 2 aromatic carbocycles. The van der Waals surface area contributed by atoms with Crippen molar-refractivity contribution < 1.29 is 36.6 Å². The highest BCUT2D eigenvalue weighted by Gasteiger charge is 2.43. The Labute approximate surface area is 190 Å². The van der Waals surface area contributed by atoms with Gasteiger partial charge in [-0.15, -0.1) is 0 Å². The van der Waals surface area contributed by atoms with Crippen LogP contribution in [0.15, 0.2) is 48.9 Å². The predicted octanol–water partition coefficient (Wildman–Crippen LogP) is 2.29. The summed E-state index contributed by atoms with van der Waals surface area (Å²) in [6.45, 7) is -0.782. The van der Waals surface area contributed by atoms with E-state index in [1.807, 2.05) is 30.3 Å². The molecule has 9 nitrogen and oxygen atoms in total. The van der Waals surface area contributed by atoms with Gasteiger partial charge in [0.1, 0.15) is 37.1 Å². The maximum Gasteiger partial charge on any atom is 0.326 e. The first-order valence-corrected chi connectivity index (χ1v) is 11.6. The SMILES string of the molecule is COC(=O)CN(c1c(OCc2ccccc2)cc2c(c1F)CC1(CC2)OC=CO1)S(N)(=O)=O. The molecule has 1 spiro atoms. The molecule has 0 unspecified atom stereocenters. The molecular formula is C22H23FN2O7S. The molecule has 33 heavy (non-hydrogen) atoms. The van der Waals surface area contributed by atoms with E-state index >= 15 is 4.39 Å². The molecular weight excluding hydrogens is 455 g/mol. The van der Waals surface area contributed by atoms with Gasteiger partial charge in [0.25, 0.3) is 16.0 Å². The molecule has 0 atom stereocenters. The predicted molar refractivity (Wildman–Crippen MR) is 116 cm³/mol. The van der Waals surface area contributed by atoms with Crippen LogP contribution in [0, 0.1) is 5.82 Å². The van der Waals surface area contributed by atoms with Gasteiger partial charge in [-0.2, -0.15) is 8.42 Å². The number of rotatable bonds is 7. The van der Waals surface area contributed by atoms with Gasteiger partial charge in [0.2, 0.25) is 0 Å². The molecule has 2 aromatic rings. The molecule has 0 amide bonds. The molecule has 1 aliphatic heterocycles. The lowest BCUT2D eigenvalue weighted by molar-refractivity contribution is -0.149. The number of methoxy groups -OCH3 is 1. The van der Waals surface area contributed by atoms with Crippen molar-refractivity contribution in [2.75, 3.05) is 18.0 Å². The lowest BCUT2D eigenvalue weighted by Gasteiger charge is -2.34. The van der Waals surface area contributed by atoms with Crippen LogP contribution in [0.2, 0.25) is 0 Å². The van der Waals surface area contributed by atoms with E-state index in [4.69, 9.17) is 19.3 Å². The van der Waals surface area contributed by atoms with E-state index in [0.29, 0.717) is 22.7 Å². The molecule has 4 rings (SSSR count). The van der Waals surface area contributed by atoms with Crippen LogP contribution in [0.5, 0.6) is 5.75 Å². The van der Waals surface area contributed by atoms with Crippen LogP contribution in [0.4, 0.5) is 10.1 Å². The largest absolute Gasteiger partial charge is 0.487 e. The minimum Gasteiger partial charge on any atom is -0.487 e. The third kappa shape index (κ3) is 4.74. The van der Waals surface area contributed by atoms with Gasteiger partial charge in [0.15, 0.2) is 5.82 Å². The molecule has 1 aliphatic carbocycles. The number of carbonyl (C=O) groups excluding carboxylic acids is 1. The van der Waals surface area contributed by atoms with Gasteiger partial charge in [-0.1, -0.05) is 30.3 Å². The van der Waals surface area contributed by atoms with Gasteiger partial charge in [-0.25, -0.2) is 13.8 Å². The van der Waals surface area contributed by atoms with Crippen LogP contribution >= 0.6 is 0 Å². The maximum atomic E-state index is 16.0. The van der Waals surface area contributed by atoms with Crippen molar-refractivity contribution in [3.8, 4) is 5.75 Å². The molecule has 1 heterocycles. The van der Waals surface area contributed by atoms with Gasteiger partial charge in [0.05, 0.1) is 13.5 Å². The number of ether oxygens (including phenoxy) is 4. The first kappa shape index (κ1) is 22.9. The zero-order valence-electron chi connectivity index (χ0n) is 17.8. The number of carbonyl (C=O) groups is 1. The highest BCUT2D eigenvalue weighted by Crippen LogP contribution is 2.43. The lowest BCUT2D eigenvalue weighted by Crippen LogP contribution is -2.42. The van der Waals surface area contributed by atoms with E-state index in [1.165, 1.54) is 12.5 Å². The standard InChI is InChI=1S/C22H23FN2O7S/c1-29-19(26)13-25(33(24,27)28)21-18(30-14-15-5-3-2-4-6-15)11-16-7-8-22(31-9-10-32-22)12-17(16)20(21)23/h2-6,9-11H,7-8,12-14H2,1H3,(H2,24,27,28). The molecule has 0 fully saturated rings. The Morgan fingerprint density at radius 2 is 1.94 bits per heavy atom. The number of nitrogens with two attached hydrogens (primary N) is 1. The molecule has 0 saturated carbocycles. The monoisotopic (exact) mass is 478 g/mol. The molecule has 0 radical (unpaired) electrons. The van der Waals surface area contributed by atoms with E-state index in [2.05, 4.69) is 4.74 Å². The third-order valence-electron chi connectivity index (χ3n) is 5.54. The van der Waals surface area contributed by atoms with Crippen molar-refractivity contribution in [1.29, 1.82) is 0 Å². The van der Waals surface area contributed by atoms with Crippen LogP contribution in [0.3, 0.4) is 0 Å². The van der Waals surface area contributed by atoms with Crippen molar-refractivity contribution >= 4 is 21.9 Å². The van der Waals surface area contributed by atoms with E-state index in [0.717, 1.165) is 12.7 Å². The Kier molecular flexibility index (Phi) is 6.17. The van der Waals surface area contributed by atoms with Gasteiger partial charge in [-0.3, -0.25) is 4.79 Å². The van der Waals surface area contributed by atoms with Gasteiger partial charge < -0.3 is 18.9 Å². The van der Waals surface area contributed by atoms with Crippen molar-refractivity contribution in [3.63, 3.8) is 0 Å². The van der Waals surface area contributed by atoms with Crippen LogP contribution in [-0.2, 0) is 48.7 Å². The summed E-state index contributed by atoms with van der Waals surface area (Å²) < 4.78 is 62.8. The number of hydrogen-bond donors (Lipinski definition) is 1. The minimum atomic E-state index is -4.57. The summed E-state index contributed by atoms with van der Waals surface area (Å²) in [6, 6.07) is 10.7. The Morgan fingerprint density at radius 3 is 2.58 bits per heavy atom. The molecule has 0 saturated heterocycles. The topological polar surface area (TPSA) is 117 Å². The van der Waals surface area contributed by atoms with Crippen LogP contribution in [-0.4, -0.2) is 33.8 Å². The second-order valence-electron chi connectivity index (χ2n) is 7.67. The number of nitrogens with zero attached hydrogens (tertiary/aromatic N) is 1. The van der Waals surface area contributed by atoms with Crippen molar-refractivity contribution in [2.24, 2.45) is 5.14 Å². The summed E-state index contributed by atoms with van der Waals surface area (Å²) in [7, 11) is -3.48. The molecule has 2 N–H and O–H groups in total. The average Bonchev–Trinajstić information content (AvgIpc) is 3.25. The Balaban J connectivity index is 1.80. The highest BCUT2D eigenvalue weighted by molar-refractivity contribution is 7.90. The number of esters is 1.